The number of ether oxygens (including phenoxy) is 1. The average Bonchev–Trinajstić information content (AvgIpc) is 3.56. The number of esters is 1. The number of carboxylic acid groups (broad SMARTS) is 1. The molecule has 2 fully saturated rings. The van der Waals surface area contributed by atoms with Crippen LogP contribution in [0.5, 0.6) is 0 Å². The zero-order valence-corrected chi connectivity index (χ0v) is 21.8. The molecule has 5 rings (SSSR count). The highest BCUT2D eigenvalue weighted by atomic mass is 35.5. The molecular weight excluding hydrogens is 547 g/mol. The van der Waals surface area contributed by atoms with E-state index in [0.717, 1.165) is 17.7 Å². The second-order valence-corrected chi connectivity index (χ2v) is 9.83. The molecule has 208 valence electrons. The number of aliphatic carboxylic acids is 1. The molecule has 1 aliphatic heterocycles. The van der Waals surface area contributed by atoms with Crippen molar-refractivity contribution < 1.29 is 33.4 Å². The number of halogens is 2. The van der Waals surface area contributed by atoms with Crippen LogP contribution in [0.2, 0.25) is 5.02 Å². The van der Waals surface area contributed by atoms with Crippen LogP contribution in [0.4, 0.5) is 21.7 Å². The Morgan fingerprint density at radius 3 is 2.77 bits per heavy atom. The molecule has 2 aromatic heterocycles. The lowest BCUT2D eigenvalue weighted by molar-refractivity contribution is -0.155. The lowest BCUT2D eigenvalue weighted by atomic mass is 10.1. The van der Waals surface area contributed by atoms with Gasteiger partial charge in [-0.05, 0) is 43.5 Å². The molecule has 0 bridgehead atoms. The highest BCUT2D eigenvalue weighted by molar-refractivity contribution is 6.30. The summed E-state index contributed by atoms with van der Waals surface area (Å²) in [5.74, 6) is -2.53. The van der Waals surface area contributed by atoms with Gasteiger partial charge in [-0.3, -0.25) is 19.2 Å². The second kappa shape index (κ2) is 11.3. The van der Waals surface area contributed by atoms with E-state index < -0.39 is 36.3 Å². The molecule has 1 saturated carbocycles. The van der Waals surface area contributed by atoms with Crippen LogP contribution in [0, 0.1) is 5.82 Å². The number of nitrogens with one attached hydrogen (secondary N) is 2. The van der Waals surface area contributed by atoms with Crippen LogP contribution in [0.25, 0.3) is 11.7 Å². The number of likely N-dealkylation sites (tertiary alicyclic amines) is 1. The van der Waals surface area contributed by atoms with Crippen molar-refractivity contribution in [3.63, 3.8) is 0 Å². The van der Waals surface area contributed by atoms with Crippen LogP contribution in [0.1, 0.15) is 44.1 Å². The van der Waals surface area contributed by atoms with Crippen molar-refractivity contribution in [1.29, 1.82) is 0 Å². The van der Waals surface area contributed by atoms with Gasteiger partial charge in [0.25, 0.3) is 5.91 Å². The van der Waals surface area contributed by atoms with E-state index in [0.29, 0.717) is 27.9 Å². The van der Waals surface area contributed by atoms with Crippen molar-refractivity contribution in [3.05, 3.63) is 52.4 Å². The van der Waals surface area contributed by atoms with Gasteiger partial charge in [-0.1, -0.05) is 11.6 Å². The summed E-state index contributed by atoms with van der Waals surface area (Å²) >= 11 is 6.03. The molecule has 12 nitrogen and oxygen atoms in total. The van der Waals surface area contributed by atoms with E-state index in [-0.39, 0.29) is 43.0 Å². The van der Waals surface area contributed by atoms with Gasteiger partial charge in [0.05, 0.1) is 18.3 Å². The summed E-state index contributed by atoms with van der Waals surface area (Å²) in [6, 6.07) is 6.06. The van der Waals surface area contributed by atoms with Crippen molar-refractivity contribution in [2.45, 2.75) is 44.6 Å². The first-order chi connectivity index (χ1) is 19.2. The molecule has 1 aliphatic carbocycles. The maximum Gasteiger partial charge on any atom is 0.307 e. The summed E-state index contributed by atoms with van der Waals surface area (Å²) in [5, 5.41) is 19.7. The van der Waals surface area contributed by atoms with Gasteiger partial charge in [-0.15, -0.1) is 0 Å². The van der Waals surface area contributed by atoms with Gasteiger partial charge < -0.3 is 20.5 Å². The summed E-state index contributed by atoms with van der Waals surface area (Å²) in [7, 11) is 0. The van der Waals surface area contributed by atoms with Gasteiger partial charge in [0.1, 0.15) is 17.5 Å². The Morgan fingerprint density at radius 2 is 2.02 bits per heavy atom. The van der Waals surface area contributed by atoms with E-state index in [2.05, 4.69) is 20.7 Å². The largest absolute Gasteiger partial charge is 0.481 e. The lowest BCUT2D eigenvalue weighted by Gasteiger charge is -2.13. The van der Waals surface area contributed by atoms with Crippen molar-refractivity contribution in [1.82, 2.24) is 19.5 Å². The first-order valence-electron chi connectivity index (χ1n) is 12.5. The van der Waals surface area contributed by atoms with Gasteiger partial charge in [-0.2, -0.15) is 9.61 Å². The smallest absolute Gasteiger partial charge is 0.307 e. The van der Waals surface area contributed by atoms with Gasteiger partial charge in [0.15, 0.2) is 12.4 Å². The van der Waals surface area contributed by atoms with E-state index in [1.54, 1.807) is 10.6 Å². The van der Waals surface area contributed by atoms with Crippen LogP contribution in [0.15, 0.2) is 36.0 Å². The fourth-order valence-electron chi connectivity index (χ4n) is 4.06. The van der Waals surface area contributed by atoms with E-state index >= 15 is 0 Å². The predicted molar refractivity (Wildman–Crippen MR) is 141 cm³/mol. The molecule has 3 N–H and O–H groups in total. The molecule has 2 aliphatic rings. The predicted octanol–water partition coefficient (Wildman–Crippen LogP) is 3.74. The molecule has 14 heteroatoms. The number of rotatable bonds is 11. The van der Waals surface area contributed by atoms with E-state index in [1.807, 2.05) is 0 Å². The molecule has 0 unspecified atom stereocenters. The van der Waals surface area contributed by atoms with Crippen LogP contribution < -0.4 is 10.6 Å². The number of carboxylic acids is 1. The van der Waals surface area contributed by atoms with E-state index in [4.69, 9.17) is 21.4 Å². The number of carbonyl (C=O) groups is 4. The zero-order chi connectivity index (χ0) is 28.4. The van der Waals surface area contributed by atoms with E-state index in [9.17, 15) is 23.6 Å². The van der Waals surface area contributed by atoms with Crippen molar-refractivity contribution >= 4 is 64.4 Å². The molecule has 0 radical (unpaired) electrons. The molecule has 3 aromatic rings. The zero-order valence-electron chi connectivity index (χ0n) is 21.0. The maximum atomic E-state index is 14.4. The SMILES string of the molecule is O=C(O)CCCC(=O)OCN1C(=O)CC(=Cc2cnn3c(NC4CC4)cc(Nc4cc(Cl)ccc4F)nc23)C1=O. The molecular formula is C26H24ClFN6O6. The third-order valence-corrected chi connectivity index (χ3v) is 6.47. The second-order valence-electron chi connectivity index (χ2n) is 9.40. The molecule has 1 saturated heterocycles. The average molecular weight is 571 g/mol. The number of hydrogen-bond acceptors (Lipinski definition) is 9. The Labute approximate surface area is 231 Å². The number of hydrogen-bond donors (Lipinski definition) is 3. The highest BCUT2D eigenvalue weighted by Gasteiger charge is 2.35. The Balaban J connectivity index is 1.37. The molecule has 0 spiro atoms. The summed E-state index contributed by atoms with van der Waals surface area (Å²) < 4.78 is 20.9. The summed E-state index contributed by atoms with van der Waals surface area (Å²) in [5.41, 5.74) is 1.08. The Bertz CT molecular complexity index is 1550. The summed E-state index contributed by atoms with van der Waals surface area (Å²) in [4.78, 5) is 53.2. The molecule has 40 heavy (non-hydrogen) atoms. The minimum absolute atomic E-state index is 0.0847. The number of aromatic nitrogens is 3. The highest BCUT2D eigenvalue weighted by Crippen LogP contribution is 2.30. The van der Waals surface area contributed by atoms with Crippen molar-refractivity contribution in [2.24, 2.45) is 0 Å². The number of amides is 2. The standard InChI is InChI=1S/C26H24ClFN6O6/c27-16-4-7-18(28)19(10-16)31-20-11-21(30-17-5-6-17)34-25(32-20)15(12-29-34)8-14-9-22(35)33(26(14)39)13-40-24(38)3-1-2-23(36)37/h4,7-8,10-12,17,30H,1-3,5-6,9,13H2,(H,31,32)(H,36,37). The van der Waals surface area contributed by atoms with Crippen LogP contribution >= 0.6 is 11.6 Å². The lowest BCUT2D eigenvalue weighted by Crippen LogP contribution is -2.32. The third kappa shape index (κ3) is 6.20. The molecule has 2 amide bonds. The number of imide groups is 1. The molecule has 1 aromatic carbocycles. The first kappa shape index (κ1) is 27.1. The maximum absolute atomic E-state index is 14.4. The quantitative estimate of drug-likeness (QED) is 0.176. The number of anilines is 3. The van der Waals surface area contributed by atoms with Gasteiger partial charge in [0, 0.05) is 41.1 Å². The van der Waals surface area contributed by atoms with Gasteiger partial charge >= 0.3 is 11.9 Å². The van der Waals surface area contributed by atoms with Crippen LogP contribution in [-0.4, -0.2) is 61.1 Å². The summed E-state index contributed by atoms with van der Waals surface area (Å²) in [6.07, 6.45) is 4.50. The molecule has 3 heterocycles. The van der Waals surface area contributed by atoms with Crippen molar-refractivity contribution in [3.8, 4) is 0 Å². The normalized spacial score (nSPS) is 16.1. The van der Waals surface area contributed by atoms with Crippen LogP contribution in [-0.2, 0) is 23.9 Å². The Kier molecular flexibility index (Phi) is 7.65. The topological polar surface area (TPSA) is 155 Å². The van der Waals surface area contributed by atoms with Gasteiger partial charge in [0.2, 0.25) is 5.91 Å². The molecule has 0 atom stereocenters. The fraction of sp³-hybridized carbons (Fsp3) is 0.308. The monoisotopic (exact) mass is 570 g/mol. The van der Waals surface area contributed by atoms with Crippen molar-refractivity contribution in [2.75, 3.05) is 17.4 Å². The van der Waals surface area contributed by atoms with Gasteiger partial charge in [-0.25, -0.2) is 14.3 Å². The van der Waals surface area contributed by atoms with E-state index in [1.165, 1.54) is 30.5 Å². The minimum Gasteiger partial charge on any atom is -0.481 e. The fourth-order valence-corrected chi connectivity index (χ4v) is 4.23. The third-order valence-electron chi connectivity index (χ3n) is 6.24. The summed E-state index contributed by atoms with van der Waals surface area (Å²) in [6.45, 7) is -0.567. The first-order valence-corrected chi connectivity index (χ1v) is 12.9. The Morgan fingerprint density at radius 1 is 1.23 bits per heavy atom. The number of fused-ring (bicyclic) bond motifs is 1. The Hall–Kier alpha value is -4.52. The number of benzene rings is 1. The number of carbonyl (C=O) groups excluding carboxylic acids is 3. The van der Waals surface area contributed by atoms with Crippen LogP contribution in [0.3, 0.4) is 0 Å². The number of nitrogens with zero attached hydrogens (tertiary/aromatic N) is 4. The minimum atomic E-state index is -1.04.